The summed E-state index contributed by atoms with van der Waals surface area (Å²) < 4.78 is 2.55. The molecule has 22 heavy (non-hydrogen) atoms. The van der Waals surface area contributed by atoms with Crippen molar-refractivity contribution in [3.05, 3.63) is 46.4 Å². The van der Waals surface area contributed by atoms with Crippen molar-refractivity contribution in [1.82, 2.24) is 14.3 Å². The average Bonchev–Trinajstić information content (AvgIpc) is 2.95. The maximum absolute atomic E-state index is 12.8. The number of thiazole rings is 1. The lowest BCUT2D eigenvalue weighted by Crippen LogP contribution is -2.39. The highest BCUT2D eigenvalue weighted by molar-refractivity contribution is 7.23. The first-order valence-corrected chi connectivity index (χ1v) is 8.26. The molecule has 3 aromatic rings. The number of rotatable bonds is 1. The van der Waals surface area contributed by atoms with Gasteiger partial charge in [0, 0.05) is 19.3 Å². The first-order chi connectivity index (χ1) is 10.8. The summed E-state index contributed by atoms with van der Waals surface area (Å²) in [6.45, 7) is 1.46. The minimum Gasteiger partial charge on any atom is -0.338 e. The predicted molar refractivity (Wildman–Crippen MR) is 86.6 cm³/mol. The summed E-state index contributed by atoms with van der Waals surface area (Å²) in [5.41, 5.74) is 0.717. The van der Waals surface area contributed by atoms with Crippen LogP contribution >= 0.6 is 11.3 Å². The molecule has 1 aliphatic rings. The molecule has 0 bridgehead atoms. The van der Waals surface area contributed by atoms with E-state index in [2.05, 4.69) is 4.98 Å². The Labute approximate surface area is 130 Å². The van der Waals surface area contributed by atoms with Gasteiger partial charge in [0.05, 0.1) is 10.2 Å². The normalized spacial score (nSPS) is 15.5. The smallest absolute Gasteiger partial charge is 0.271 e. The van der Waals surface area contributed by atoms with Gasteiger partial charge in [0.2, 0.25) is 0 Å². The lowest BCUT2D eigenvalue weighted by atomic mass is 10.1. The second-order valence-corrected chi connectivity index (χ2v) is 6.53. The van der Waals surface area contributed by atoms with Gasteiger partial charge in [-0.05, 0) is 31.4 Å². The van der Waals surface area contributed by atoms with Crippen molar-refractivity contribution in [2.24, 2.45) is 0 Å². The Morgan fingerprint density at radius 2 is 1.91 bits per heavy atom. The van der Waals surface area contributed by atoms with E-state index >= 15 is 0 Å². The van der Waals surface area contributed by atoms with Crippen molar-refractivity contribution in [2.75, 3.05) is 13.1 Å². The van der Waals surface area contributed by atoms with Gasteiger partial charge in [-0.1, -0.05) is 23.5 Å². The van der Waals surface area contributed by atoms with Crippen molar-refractivity contribution in [2.45, 2.75) is 19.3 Å². The van der Waals surface area contributed by atoms with E-state index in [1.807, 2.05) is 24.3 Å². The number of amides is 1. The molecule has 0 aliphatic carbocycles. The molecule has 1 amide bonds. The summed E-state index contributed by atoms with van der Waals surface area (Å²) in [4.78, 5) is 32.1. The van der Waals surface area contributed by atoms with E-state index < -0.39 is 0 Å². The molecule has 0 spiro atoms. The van der Waals surface area contributed by atoms with E-state index in [4.69, 9.17) is 0 Å². The number of nitrogens with zero attached hydrogens (tertiary/aromatic N) is 3. The quantitative estimate of drug-likeness (QED) is 0.694. The van der Waals surface area contributed by atoms with Gasteiger partial charge >= 0.3 is 0 Å². The first kappa shape index (κ1) is 13.5. The van der Waals surface area contributed by atoms with Crippen molar-refractivity contribution < 1.29 is 4.79 Å². The summed E-state index contributed by atoms with van der Waals surface area (Å²) >= 11 is 1.46. The number of carbonyl (C=O) groups excluding carboxylic acids is 1. The molecule has 1 fully saturated rings. The van der Waals surface area contributed by atoms with Crippen LogP contribution in [0, 0.1) is 0 Å². The van der Waals surface area contributed by atoms with Crippen molar-refractivity contribution in [1.29, 1.82) is 0 Å². The minimum absolute atomic E-state index is 0.169. The number of benzene rings is 1. The number of fused-ring (bicyclic) bond motifs is 3. The lowest BCUT2D eigenvalue weighted by Gasteiger charge is -2.26. The highest BCUT2D eigenvalue weighted by atomic mass is 32.1. The van der Waals surface area contributed by atoms with Crippen LogP contribution in [-0.2, 0) is 0 Å². The molecule has 3 heterocycles. The van der Waals surface area contributed by atoms with Gasteiger partial charge in [-0.2, -0.15) is 0 Å². The first-order valence-electron chi connectivity index (χ1n) is 7.44. The number of hydrogen-bond acceptors (Lipinski definition) is 4. The summed E-state index contributed by atoms with van der Waals surface area (Å²) in [6.07, 6.45) is 4.59. The van der Waals surface area contributed by atoms with Crippen LogP contribution in [0.4, 0.5) is 0 Å². The molecule has 0 radical (unpaired) electrons. The third-order valence-electron chi connectivity index (χ3n) is 4.11. The monoisotopic (exact) mass is 313 g/mol. The average molecular weight is 313 g/mol. The second kappa shape index (κ2) is 5.21. The molecular weight excluding hydrogens is 298 g/mol. The van der Waals surface area contributed by atoms with Crippen LogP contribution in [0.1, 0.15) is 29.6 Å². The molecular formula is C16H15N3O2S. The van der Waals surface area contributed by atoms with E-state index in [0.29, 0.717) is 4.96 Å². The van der Waals surface area contributed by atoms with Crippen molar-refractivity contribution in [3.8, 4) is 0 Å². The third-order valence-corrected chi connectivity index (χ3v) is 5.15. The van der Waals surface area contributed by atoms with Crippen LogP contribution in [0.2, 0.25) is 0 Å². The SMILES string of the molecule is O=C(c1cnc2sc3ccccc3n2c1=O)N1CCCCC1. The fourth-order valence-electron chi connectivity index (χ4n) is 2.97. The second-order valence-electron chi connectivity index (χ2n) is 5.52. The van der Waals surface area contributed by atoms with Crippen LogP contribution in [0.15, 0.2) is 35.3 Å². The standard InChI is InChI=1S/C16H15N3O2S/c20-14(18-8-4-1-5-9-18)11-10-17-16-19(15(11)21)12-6-2-3-7-13(12)22-16/h2-3,6-7,10H,1,4-5,8-9H2. The van der Waals surface area contributed by atoms with Crippen LogP contribution < -0.4 is 5.56 Å². The van der Waals surface area contributed by atoms with E-state index in [1.165, 1.54) is 17.5 Å². The van der Waals surface area contributed by atoms with Gasteiger partial charge in [-0.25, -0.2) is 4.98 Å². The molecule has 4 rings (SSSR count). The van der Waals surface area contributed by atoms with Crippen molar-refractivity contribution >= 4 is 32.4 Å². The molecule has 0 unspecified atom stereocenters. The van der Waals surface area contributed by atoms with Crippen molar-refractivity contribution in [3.63, 3.8) is 0 Å². The number of piperidine rings is 1. The van der Waals surface area contributed by atoms with E-state index in [-0.39, 0.29) is 17.0 Å². The van der Waals surface area contributed by atoms with E-state index in [9.17, 15) is 9.59 Å². The molecule has 0 atom stereocenters. The molecule has 2 aromatic heterocycles. The minimum atomic E-state index is -0.266. The van der Waals surface area contributed by atoms with Gasteiger partial charge in [0.15, 0.2) is 4.96 Å². The van der Waals surface area contributed by atoms with Crippen LogP contribution in [0.5, 0.6) is 0 Å². The van der Waals surface area contributed by atoms with Gasteiger partial charge in [-0.15, -0.1) is 0 Å². The van der Waals surface area contributed by atoms with Gasteiger partial charge < -0.3 is 4.90 Å². The summed E-state index contributed by atoms with van der Waals surface area (Å²) in [6, 6.07) is 7.67. The van der Waals surface area contributed by atoms with E-state index in [0.717, 1.165) is 42.6 Å². The maximum Gasteiger partial charge on any atom is 0.271 e. The molecule has 1 aromatic carbocycles. The fraction of sp³-hybridized carbons (Fsp3) is 0.312. The summed E-state index contributed by atoms with van der Waals surface area (Å²) in [7, 11) is 0. The Morgan fingerprint density at radius 3 is 2.73 bits per heavy atom. The Hall–Kier alpha value is -2.21. The number of para-hydroxylation sites is 1. The zero-order valence-electron chi connectivity index (χ0n) is 12.0. The van der Waals surface area contributed by atoms with Crippen LogP contribution in [0.3, 0.4) is 0 Å². The topological polar surface area (TPSA) is 54.7 Å². The lowest BCUT2D eigenvalue weighted by molar-refractivity contribution is 0.0722. The number of likely N-dealkylation sites (tertiary alicyclic amines) is 1. The molecule has 0 saturated carbocycles. The molecule has 1 aliphatic heterocycles. The van der Waals surface area contributed by atoms with E-state index in [1.54, 1.807) is 9.30 Å². The molecule has 5 nitrogen and oxygen atoms in total. The number of hydrogen-bond donors (Lipinski definition) is 0. The Bertz CT molecular complexity index is 922. The zero-order valence-corrected chi connectivity index (χ0v) is 12.8. The van der Waals surface area contributed by atoms with Crippen LogP contribution in [0.25, 0.3) is 15.2 Å². The highest BCUT2D eigenvalue weighted by Crippen LogP contribution is 2.23. The Balaban J connectivity index is 1.88. The largest absolute Gasteiger partial charge is 0.338 e. The molecule has 6 heteroatoms. The number of carbonyl (C=O) groups is 1. The Kier molecular flexibility index (Phi) is 3.18. The Morgan fingerprint density at radius 1 is 1.14 bits per heavy atom. The molecule has 0 N–H and O–H groups in total. The summed E-state index contributed by atoms with van der Waals surface area (Å²) in [5.74, 6) is -0.193. The molecule has 1 saturated heterocycles. The van der Waals surface area contributed by atoms with Gasteiger partial charge in [0.25, 0.3) is 11.5 Å². The van der Waals surface area contributed by atoms with Gasteiger partial charge in [-0.3, -0.25) is 14.0 Å². The summed E-state index contributed by atoms with van der Waals surface area (Å²) in [5, 5.41) is 0. The maximum atomic E-state index is 12.8. The predicted octanol–water partition coefficient (Wildman–Crippen LogP) is 2.54. The zero-order chi connectivity index (χ0) is 15.1. The molecule has 112 valence electrons. The fourth-order valence-corrected chi connectivity index (χ4v) is 3.95. The highest BCUT2D eigenvalue weighted by Gasteiger charge is 2.22. The third kappa shape index (κ3) is 2.02. The van der Waals surface area contributed by atoms with Gasteiger partial charge in [0.1, 0.15) is 5.56 Å². The van der Waals surface area contributed by atoms with Crippen LogP contribution in [-0.4, -0.2) is 33.3 Å². The number of aromatic nitrogens is 2.